The Morgan fingerprint density at radius 1 is 1.26 bits per heavy atom. The molecule has 0 aliphatic carbocycles. The normalized spacial score (nSPS) is 12.8. The Morgan fingerprint density at radius 2 is 1.95 bits per heavy atom. The molecule has 0 aromatic heterocycles. The smallest absolute Gasteiger partial charge is 0.261 e. The number of rotatable bonds is 7. The summed E-state index contributed by atoms with van der Waals surface area (Å²) in [7, 11) is 1.54. The van der Waals surface area contributed by atoms with Crippen LogP contribution in [0.3, 0.4) is 0 Å². The molecular weight excluding hydrogens is 254 g/mol. The maximum absolute atomic E-state index is 11.9. The standard InChI is InChI=1S/C14H20F2O3/c1-9-6-10(2)14(12(7-9)18-3)11(17)4-5-19-8-13(15)16/h6-7,11,13,17H,4-5,8H2,1-3H3. The summed E-state index contributed by atoms with van der Waals surface area (Å²) < 4.78 is 33.8. The minimum absolute atomic E-state index is 0.0853. The van der Waals surface area contributed by atoms with Crippen LogP contribution in [0.4, 0.5) is 8.78 Å². The minimum Gasteiger partial charge on any atom is -0.496 e. The molecule has 1 aromatic rings. The van der Waals surface area contributed by atoms with Crippen molar-refractivity contribution in [2.24, 2.45) is 0 Å². The van der Waals surface area contributed by atoms with E-state index < -0.39 is 19.1 Å². The topological polar surface area (TPSA) is 38.7 Å². The van der Waals surface area contributed by atoms with Gasteiger partial charge in [0, 0.05) is 18.6 Å². The van der Waals surface area contributed by atoms with Gasteiger partial charge >= 0.3 is 0 Å². The zero-order valence-electron chi connectivity index (χ0n) is 11.5. The van der Waals surface area contributed by atoms with Gasteiger partial charge in [0.15, 0.2) is 0 Å². The average Bonchev–Trinajstić information content (AvgIpc) is 2.33. The Morgan fingerprint density at radius 3 is 2.53 bits per heavy atom. The van der Waals surface area contributed by atoms with E-state index in [4.69, 9.17) is 9.47 Å². The molecule has 3 nitrogen and oxygen atoms in total. The van der Waals surface area contributed by atoms with E-state index in [2.05, 4.69) is 0 Å². The van der Waals surface area contributed by atoms with Crippen LogP contribution in [0.5, 0.6) is 5.75 Å². The molecule has 5 heteroatoms. The fourth-order valence-electron chi connectivity index (χ4n) is 2.05. The van der Waals surface area contributed by atoms with Crippen LogP contribution >= 0.6 is 0 Å². The predicted octanol–water partition coefficient (Wildman–Crippen LogP) is 3.02. The van der Waals surface area contributed by atoms with Crippen molar-refractivity contribution in [2.45, 2.75) is 32.8 Å². The quantitative estimate of drug-likeness (QED) is 0.777. The van der Waals surface area contributed by atoms with Crippen molar-refractivity contribution in [3.05, 3.63) is 28.8 Å². The summed E-state index contributed by atoms with van der Waals surface area (Å²) >= 11 is 0. The highest BCUT2D eigenvalue weighted by atomic mass is 19.3. The first-order chi connectivity index (χ1) is 8.95. The second-order valence-corrected chi connectivity index (χ2v) is 4.47. The number of hydrogen-bond acceptors (Lipinski definition) is 3. The molecule has 0 aliphatic rings. The lowest BCUT2D eigenvalue weighted by Crippen LogP contribution is -2.10. The van der Waals surface area contributed by atoms with Gasteiger partial charge in [-0.3, -0.25) is 0 Å². The van der Waals surface area contributed by atoms with Crippen molar-refractivity contribution in [1.29, 1.82) is 0 Å². The highest BCUT2D eigenvalue weighted by molar-refractivity contribution is 5.44. The monoisotopic (exact) mass is 274 g/mol. The van der Waals surface area contributed by atoms with Crippen molar-refractivity contribution >= 4 is 0 Å². The molecule has 0 saturated heterocycles. The molecule has 0 radical (unpaired) electrons. The Bertz CT molecular complexity index is 408. The van der Waals surface area contributed by atoms with Crippen molar-refractivity contribution < 1.29 is 23.4 Å². The van der Waals surface area contributed by atoms with Crippen LogP contribution in [0.25, 0.3) is 0 Å². The highest BCUT2D eigenvalue weighted by Gasteiger charge is 2.16. The SMILES string of the molecule is COc1cc(C)cc(C)c1C(O)CCOCC(F)F. The van der Waals surface area contributed by atoms with Gasteiger partial charge in [0.1, 0.15) is 12.4 Å². The highest BCUT2D eigenvalue weighted by Crippen LogP contribution is 2.31. The number of methoxy groups -OCH3 is 1. The molecule has 1 N–H and O–H groups in total. The molecule has 0 amide bonds. The Balaban J connectivity index is 2.68. The molecule has 1 rings (SSSR count). The lowest BCUT2D eigenvalue weighted by Gasteiger charge is -2.18. The number of aliphatic hydroxyl groups is 1. The molecule has 0 aliphatic heterocycles. The summed E-state index contributed by atoms with van der Waals surface area (Å²) in [5.74, 6) is 0.610. The van der Waals surface area contributed by atoms with Crippen LogP contribution < -0.4 is 4.74 Å². The van der Waals surface area contributed by atoms with Gasteiger partial charge in [0.2, 0.25) is 0 Å². The molecule has 108 valence electrons. The first kappa shape index (κ1) is 15.9. The maximum atomic E-state index is 11.9. The van der Waals surface area contributed by atoms with E-state index in [1.165, 1.54) is 7.11 Å². The van der Waals surface area contributed by atoms with Crippen molar-refractivity contribution in [2.75, 3.05) is 20.3 Å². The molecule has 1 aromatic carbocycles. The number of hydrogen-bond donors (Lipinski definition) is 1. The fraction of sp³-hybridized carbons (Fsp3) is 0.571. The molecule has 1 atom stereocenters. The van der Waals surface area contributed by atoms with Crippen LogP contribution in [0.2, 0.25) is 0 Å². The zero-order chi connectivity index (χ0) is 14.4. The number of aliphatic hydroxyl groups excluding tert-OH is 1. The third kappa shape index (κ3) is 4.76. The van der Waals surface area contributed by atoms with E-state index in [1.807, 2.05) is 26.0 Å². The third-order valence-electron chi connectivity index (χ3n) is 2.83. The molecule has 0 bridgehead atoms. The van der Waals surface area contributed by atoms with E-state index in [1.54, 1.807) is 0 Å². The number of benzene rings is 1. The molecule has 0 heterocycles. The van der Waals surface area contributed by atoms with Gasteiger partial charge in [-0.25, -0.2) is 8.78 Å². The van der Waals surface area contributed by atoms with Crippen molar-refractivity contribution in [3.8, 4) is 5.75 Å². The average molecular weight is 274 g/mol. The van der Waals surface area contributed by atoms with Crippen molar-refractivity contribution in [3.63, 3.8) is 0 Å². The minimum atomic E-state index is -2.48. The Hall–Kier alpha value is -1.20. The summed E-state index contributed by atoms with van der Waals surface area (Å²) in [6, 6.07) is 3.78. The Kier molecular flexibility index (Phi) is 6.18. The number of alkyl halides is 2. The first-order valence-corrected chi connectivity index (χ1v) is 6.14. The van der Waals surface area contributed by atoms with Crippen LogP contribution in [0.15, 0.2) is 12.1 Å². The third-order valence-corrected chi connectivity index (χ3v) is 2.83. The molecular formula is C14H20F2O3. The first-order valence-electron chi connectivity index (χ1n) is 6.14. The Labute approximate surface area is 112 Å². The summed E-state index contributed by atoms with van der Waals surface area (Å²) in [6.07, 6.45) is -3.01. The van der Waals surface area contributed by atoms with Crippen LogP contribution in [0, 0.1) is 13.8 Å². The molecule has 0 saturated carbocycles. The maximum Gasteiger partial charge on any atom is 0.261 e. The molecule has 0 spiro atoms. The van der Waals surface area contributed by atoms with E-state index in [0.717, 1.165) is 11.1 Å². The van der Waals surface area contributed by atoms with Gasteiger partial charge in [-0.2, -0.15) is 0 Å². The fourth-order valence-corrected chi connectivity index (χ4v) is 2.05. The largest absolute Gasteiger partial charge is 0.496 e. The van der Waals surface area contributed by atoms with Gasteiger partial charge in [0.25, 0.3) is 6.43 Å². The van der Waals surface area contributed by atoms with Crippen LogP contribution in [-0.4, -0.2) is 31.9 Å². The lowest BCUT2D eigenvalue weighted by molar-refractivity contribution is 0.00454. The van der Waals surface area contributed by atoms with E-state index in [9.17, 15) is 13.9 Å². The second kappa shape index (κ2) is 7.40. The summed E-state index contributed by atoms with van der Waals surface area (Å²) in [5.41, 5.74) is 2.64. The summed E-state index contributed by atoms with van der Waals surface area (Å²) in [4.78, 5) is 0. The molecule has 19 heavy (non-hydrogen) atoms. The zero-order valence-corrected chi connectivity index (χ0v) is 11.5. The van der Waals surface area contributed by atoms with Gasteiger partial charge in [0.05, 0.1) is 13.2 Å². The number of aryl methyl sites for hydroxylation is 2. The molecule has 0 fully saturated rings. The summed E-state index contributed by atoms with van der Waals surface area (Å²) in [5, 5.41) is 10.1. The second-order valence-electron chi connectivity index (χ2n) is 4.47. The predicted molar refractivity (Wildman–Crippen MR) is 68.9 cm³/mol. The van der Waals surface area contributed by atoms with Crippen molar-refractivity contribution in [1.82, 2.24) is 0 Å². The van der Waals surface area contributed by atoms with Gasteiger partial charge in [-0.05, 0) is 31.0 Å². The van der Waals surface area contributed by atoms with Crippen LogP contribution in [0.1, 0.15) is 29.2 Å². The molecule has 1 unspecified atom stereocenters. The summed E-state index contributed by atoms with van der Waals surface area (Å²) in [6.45, 7) is 3.31. The lowest BCUT2D eigenvalue weighted by atomic mass is 9.98. The van der Waals surface area contributed by atoms with E-state index in [-0.39, 0.29) is 13.0 Å². The van der Waals surface area contributed by atoms with E-state index in [0.29, 0.717) is 11.3 Å². The van der Waals surface area contributed by atoms with E-state index >= 15 is 0 Å². The number of ether oxygens (including phenoxy) is 2. The van der Waals surface area contributed by atoms with Gasteiger partial charge < -0.3 is 14.6 Å². The van der Waals surface area contributed by atoms with Crippen LogP contribution in [-0.2, 0) is 4.74 Å². The van der Waals surface area contributed by atoms with Gasteiger partial charge in [-0.15, -0.1) is 0 Å². The number of halogens is 2. The van der Waals surface area contributed by atoms with Gasteiger partial charge in [-0.1, -0.05) is 6.07 Å².